The first-order valence-corrected chi connectivity index (χ1v) is 13.3. The van der Waals surface area contributed by atoms with Gasteiger partial charge in [0.25, 0.3) is 5.56 Å². The molecule has 0 saturated carbocycles. The molecule has 3 heterocycles. The van der Waals surface area contributed by atoms with Crippen molar-refractivity contribution in [2.45, 2.75) is 32.9 Å². The van der Waals surface area contributed by atoms with Gasteiger partial charge in [-0.25, -0.2) is 9.37 Å². The van der Waals surface area contributed by atoms with E-state index < -0.39 is 5.82 Å². The Morgan fingerprint density at radius 3 is 2.49 bits per heavy atom. The predicted octanol–water partition coefficient (Wildman–Crippen LogP) is 6.16. The van der Waals surface area contributed by atoms with Crippen LogP contribution in [-0.4, -0.2) is 32.5 Å². The van der Waals surface area contributed by atoms with E-state index in [2.05, 4.69) is 51.2 Å². The molecule has 0 amide bonds. The highest BCUT2D eigenvalue weighted by Gasteiger charge is 2.20. The summed E-state index contributed by atoms with van der Waals surface area (Å²) in [6.07, 6.45) is 4.19. The molecule has 196 valence electrons. The second kappa shape index (κ2) is 10.8. The number of para-hydroxylation sites is 1. The molecule has 0 atom stereocenters. The van der Waals surface area contributed by atoms with Gasteiger partial charge in [-0.2, -0.15) is 0 Å². The van der Waals surface area contributed by atoms with Crippen LogP contribution in [0, 0.1) is 12.7 Å². The molecular weight excluding hydrogens is 489 g/mol. The van der Waals surface area contributed by atoms with Gasteiger partial charge < -0.3 is 4.90 Å². The lowest BCUT2D eigenvalue weighted by Gasteiger charge is -2.27. The van der Waals surface area contributed by atoms with Crippen LogP contribution in [0.15, 0.2) is 95.9 Å². The van der Waals surface area contributed by atoms with Crippen LogP contribution in [0.1, 0.15) is 29.9 Å². The molecular formula is C32H30FN5O. The van der Waals surface area contributed by atoms with Gasteiger partial charge in [-0.3, -0.25) is 19.2 Å². The molecule has 1 fully saturated rings. The van der Waals surface area contributed by atoms with Crippen LogP contribution in [-0.2, 0) is 13.1 Å². The summed E-state index contributed by atoms with van der Waals surface area (Å²) in [7, 11) is 0. The fourth-order valence-electron chi connectivity index (χ4n) is 5.37. The van der Waals surface area contributed by atoms with Crippen molar-refractivity contribution >= 4 is 22.3 Å². The minimum Gasteiger partial charge on any atom is -0.334 e. The number of aromatic nitrogens is 3. The smallest absolute Gasteiger partial charge is 0.266 e. The van der Waals surface area contributed by atoms with Gasteiger partial charge in [-0.05, 0) is 93.0 Å². The third-order valence-corrected chi connectivity index (χ3v) is 7.31. The second-order valence-electron chi connectivity index (χ2n) is 10.0. The third kappa shape index (κ3) is 5.18. The van der Waals surface area contributed by atoms with Crippen molar-refractivity contribution in [1.29, 1.82) is 0 Å². The quantitative estimate of drug-likeness (QED) is 0.258. The molecule has 0 aliphatic carbocycles. The summed E-state index contributed by atoms with van der Waals surface area (Å²) in [5.41, 5.74) is 4.72. The van der Waals surface area contributed by atoms with Crippen LogP contribution < -0.4 is 10.5 Å². The molecule has 7 heteroatoms. The van der Waals surface area contributed by atoms with Gasteiger partial charge in [-0.1, -0.05) is 30.3 Å². The van der Waals surface area contributed by atoms with E-state index in [0.717, 1.165) is 31.0 Å². The van der Waals surface area contributed by atoms with Crippen molar-refractivity contribution < 1.29 is 4.39 Å². The van der Waals surface area contributed by atoms with E-state index in [1.54, 1.807) is 22.9 Å². The average molecular weight is 520 g/mol. The second-order valence-corrected chi connectivity index (χ2v) is 10.0. The van der Waals surface area contributed by atoms with Crippen molar-refractivity contribution in [3.05, 3.63) is 124 Å². The highest BCUT2D eigenvalue weighted by atomic mass is 19.1. The van der Waals surface area contributed by atoms with Crippen molar-refractivity contribution in [1.82, 2.24) is 19.4 Å². The van der Waals surface area contributed by atoms with Crippen LogP contribution in [0.3, 0.4) is 0 Å². The van der Waals surface area contributed by atoms with E-state index in [1.807, 2.05) is 31.2 Å². The summed E-state index contributed by atoms with van der Waals surface area (Å²) < 4.78 is 15.7. The summed E-state index contributed by atoms with van der Waals surface area (Å²) in [5, 5.41) is 0.237. The molecule has 0 bridgehead atoms. The van der Waals surface area contributed by atoms with E-state index in [-0.39, 0.29) is 10.9 Å². The zero-order chi connectivity index (χ0) is 26.8. The molecule has 5 aromatic rings. The Kier molecular flexibility index (Phi) is 6.90. The van der Waals surface area contributed by atoms with E-state index in [0.29, 0.717) is 29.3 Å². The summed E-state index contributed by atoms with van der Waals surface area (Å²) >= 11 is 0. The van der Waals surface area contributed by atoms with Gasteiger partial charge in [0.05, 0.1) is 28.8 Å². The number of hydrogen-bond acceptors (Lipinski definition) is 5. The normalized spacial score (nSPS) is 13.7. The molecule has 1 saturated heterocycles. The van der Waals surface area contributed by atoms with E-state index in [1.165, 1.54) is 30.5 Å². The van der Waals surface area contributed by atoms with Gasteiger partial charge in [0.1, 0.15) is 11.6 Å². The first kappa shape index (κ1) is 24.9. The molecule has 0 N–H and O–H groups in total. The fourth-order valence-corrected chi connectivity index (χ4v) is 5.37. The number of rotatable bonds is 7. The lowest BCUT2D eigenvalue weighted by Crippen LogP contribution is -2.29. The molecule has 1 aliphatic rings. The predicted molar refractivity (Wildman–Crippen MR) is 153 cm³/mol. The molecule has 0 unspecified atom stereocenters. The summed E-state index contributed by atoms with van der Waals surface area (Å²) in [5.74, 6) is 0.0772. The number of likely N-dealkylation sites (tertiary alicyclic amines) is 1. The monoisotopic (exact) mass is 519 g/mol. The zero-order valence-electron chi connectivity index (χ0n) is 21.9. The van der Waals surface area contributed by atoms with Gasteiger partial charge >= 0.3 is 0 Å². The number of hydrogen-bond donors (Lipinski definition) is 0. The largest absolute Gasteiger partial charge is 0.334 e. The number of nitrogens with zero attached hydrogens (tertiary/aromatic N) is 5. The van der Waals surface area contributed by atoms with E-state index in [9.17, 15) is 9.18 Å². The standard InChI is InChI=1S/C32H30FN5O/c1-23-30(13-8-16-34-23)38-31(35-29-15-14-25(33)20-28(29)32(38)39)22-37(26-10-3-2-4-11-26)27-12-7-9-24(19-27)21-36-17-5-6-18-36/h2-4,7-16,19-20H,5-6,17-18,21-22H2,1H3. The Bertz CT molecular complexity index is 1680. The highest BCUT2D eigenvalue weighted by Crippen LogP contribution is 2.29. The topological polar surface area (TPSA) is 54.3 Å². The van der Waals surface area contributed by atoms with Crippen molar-refractivity contribution in [2.24, 2.45) is 0 Å². The summed E-state index contributed by atoms with van der Waals surface area (Å²) in [6.45, 7) is 5.36. The Labute approximate surface area is 227 Å². The lowest BCUT2D eigenvalue weighted by atomic mass is 10.1. The summed E-state index contributed by atoms with van der Waals surface area (Å²) in [4.78, 5) is 27.8. The molecule has 39 heavy (non-hydrogen) atoms. The highest BCUT2D eigenvalue weighted by molar-refractivity contribution is 5.78. The van der Waals surface area contributed by atoms with Crippen LogP contribution in [0.4, 0.5) is 15.8 Å². The van der Waals surface area contributed by atoms with Crippen LogP contribution >= 0.6 is 0 Å². The number of benzene rings is 3. The molecule has 0 radical (unpaired) electrons. The molecule has 2 aromatic heterocycles. The number of anilines is 2. The fraction of sp³-hybridized carbons (Fsp3) is 0.219. The summed E-state index contributed by atoms with van der Waals surface area (Å²) in [6, 6.07) is 26.5. The zero-order valence-corrected chi connectivity index (χ0v) is 21.9. The molecule has 1 aliphatic heterocycles. The number of aryl methyl sites for hydroxylation is 1. The maximum atomic E-state index is 14.2. The maximum Gasteiger partial charge on any atom is 0.266 e. The Balaban J connectivity index is 1.50. The molecule has 0 spiro atoms. The molecule has 6 rings (SSSR count). The van der Waals surface area contributed by atoms with Crippen molar-refractivity contribution in [3.63, 3.8) is 0 Å². The first-order chi connectivity index (χ1) is 19.1. The van der Waals surface area contributed by atoms with Crippen molar-refractivity contribution in [2.75, 3.05) is 18.0 Å². The first-order valence-electron chi connectivity index (χ1n) is 13.3. The number of pyridine rings is 1. The van der Waals surface area contributed by atoms with Crippen LogP contribution in [0.5, 0.6) is 0 Å². The Morgan fingerprint density at radius 2 is 1.69 bits per heavy atom. The van der Waals surface area contributed by atoms with E-state index >= 15 is 0 Å². The van der Waals surface area contributed by atoms with Crippen LogP contribution in [0.25, 0.3) is 16.6 Å². The van der Waals surface area contributed by atoms with Crippen LogP contribution in [0.2, 0.25) is 0 Å². The van der Waals surface area contributed by atoms with Gasteiger partial charge in [0.15, 0.2) is 0 Å². The molecule has 3 aromatic carbocycles. The minimum absolute atomic E-state index is 0.237. The van der Waals surface area contributed by atoms with Crippen molar-refractivity contribution in [3.8, 4) is 5.69 Å². The number of halogens is 1. The third-order valence-electron chi connectivity index (χ3n) is 7.31. The number of fused-ring (bicyclic) bond motifs is 1. The average Bonchev–Trinajstić information content (AvgIpc) is 3.47. The molecule has 6 nitrogen and oxygen atoms in total. The van der Waals surface area contributed by atoms with Gasteiger partial charge in [0.2, 0.25) is 0 Å². The maximum absolute atomic E-state index is 14.2. The SMILES string of the molecule is Cc1ncccc1-n1c(CN(c2ccccc2)c2cccc(CN3CCCC3)c2)nc2ccc(F)cc2c1=O. The van der Waals surface area contributed by atoms with Gasteiger partial charge in [-0.15, -0.1) is 0 Å². The Hall–Kier alpha value is -4.36. The Morgan fingerprint density at radius 1 is 0.897 bits per heavy atom. The minimum atomic E-state index is -0.468. The van der Waals surface area contributed by atoms with E-state index in [4.69, 9.17) is 4.98 Å². The van der Waals surface area contributed by atoms with Gasteiger partial charge in [0, 0.05) is 24.1 Å². The lowest BCUT2D eigenvalue weighted by molar-refractivity contribution is 0.331.